The fraction of sp³-hybridized carbons (Fsp3) is 0.400. The van der Waals surface area contributed by atoms with Gasteiger partial charge in [0.25, 0.3) is 5.91 Å². The quantitative estimate of drug-likeness (QED) is 0.537. The zero-order valence-corrected chi connectivity index (χ0v) is 19.7. The van der Waals surface area contributed by atoms with Crippen LogP contribution in [0.5, 0.6) is 0 Å². The average molecular weight is 468 g/mol. The second-order valence-electron chi connectivity index (χ2n) is 8.63. The molecule has 1 fully saturated rings. The Bertz CT molecular complexity index is 1170. The standard InChI is InChI=1S/C25H29N3O4S/c1-3-27(20-6-4-5-16(2)13-20)22(29)15-28-21(14-18-11-12-33-24(18)28)23(30)26-19-9-7-17(8-10-19)25(31)32/h4-6,11-14,17,19H,3,7-10,15H2,1-2H3,(H,26,30)(H,31,32). The Hall–Kier alpha value is -3.13. The third-order valence-electron chi connectivity index (χ3n) is 6.37. The van der Waals surface area contributed by atoms with Crippen LogP contribution >= 0.6 is 11.3 Å². The summed E-state index contributed by atoms with van der Waals surface area (Å²) < 4.78 is 1.80. The van der Waals surface area contributed by atoms with Crippen molar-refractivity contribution in [2.45, 2.75) is 52.1 Å². The first-order chi connectivity index (χ1) is 15.9. The van der Waals surface area contributed by atoms with Crippen molar-refractivity contribution in [3.63, 3.8) is 0 Å². The second kappa shape index (κ2) is 9.79. The number of carboxylic acids is 1. The molecule has 33 heavy (non-hydrogen) atoms. The number of carbonyl (C=O) groups is 3. The highest BCUT2D eigenvalue weighted by molar-refractivity contribution is 7.16. The van der Waals surface area contributed by atoms with E-state index in [0.29, 0.717) is 37.9 Å². The Labute approximate surface area is 197 Å². The fourth-order valence-electron chi connectivity index (χ4n) is 4.58. The molecule has 0 unspecified atom stereocenters. The highest BCUT2D eigenvalue weighted by atomic mass is 32.1. The van der Waals surface area contributed by atoms with Crippen molar-refractivity contribution in [1.82, 2.24) is 9.88 Å². The molecule has 4 rings (SSSR count). The number of rotatable bonds is 7. The number of aryl methyl sites for hydroxylation is 1. The van der Waals surface area contributed by atoms with Crippen LogP contribution in [0.25, 0.3) is 10.2 Å². The summed E-state index contributed by atoms with van der Waals surface area (Å²) in [4.78, 5) is 40.3. The molecular weight excluding hydrogens is 438 g/mol. The minimum absolute atomic E-state index is 0.0513. The third-order valence-corrected chi connectivity index (χ3v) is 7.32. The van der Waals surface area contributed by atoms with E-state index in [1.54, 1.807) is 9.47 Å². The van der Waals surface area contributed by atoms with Gasteiger partial charge in [-0.2, -0.15) is 0 Å². The summed E-state index contributed by atoms with van der Waals surface area (Å²) in [5.41, 5.74) is 2.39. The zero-order valence-electron chi connectivity index (χ0n) is 18.9. The molecule has 2 amide bonds. The van der Waals surface area contributed by atoms with Crippen molar-refractivity contribution in [3.05, 3.63) is 53.0 Å². The summed E-state index contributed by atoms with van der Waals surface area (Å²) in [5, 5.41) is 15.2. The van der Waals surface area contributed by atoms with Crippen LogP contribution in [0.4, 0.5) is 5.69 Å². The lowest BCUT2D eigenvalue weighted by atomic mass is 9.86. The zero-order chi connectivity index (χ0) is 23.5. The number of aliphatic carboxylic acids is 1. The first-order valence-corrected chi connectivity index (χ1v) is 12.2. The van der Waals surface area contributed by atoms with Gasteiger partial charge in [0.2, 0.25) is 5.91 Å². The van der Waals surface area contributed by atoms with E-state index >= 15 is 0 Å². The van der Waals surface area contributed by atoms with Crippen molar-refractivity contribution in [2.24, 2.45) is 5.92 Å². The highest BCUT2D eigenvalue weighted by Crippen LogP contribution is 2.28. The summed E-state index contributed by atoms with van der Waals surface area (Å²) in [7, 11) is 0. The molecule has 3 aromatic rings. The molecule has 7 nitrogen and oxygen atoms in total. The Balaban J connectivity index is 1.53. The number of likely N-dealkylation sites (N-methyl/N-ethyl adjacent to an activating group) is 1. The van der Waals surface area contributed by atoms with Crippen LogP contribution in [0.3, 0.4) is 0 Å². The maximum Gasteiger partial charge on any atom is 0.306 e. The fourth-order valence-corrected chi connectivity index (χ4v) is 5.48. The molecule has 0 spiro atoms. The molecule has 1 aliphatic carbocycles. The van der Waals surface area contributed by atoms with Crippen LogP contribution in [-0.4, -0.2) is 40.0 Å². The number of amides is 2. The van der Waals surface area contributed by atoms with E-state index in [1.807, 2.05) is 55.6 Å². The van der Waals surface area contributed by atoms with Crippen molar-refractivity contribution < 1.29 is 19.5 Å². The van der Waals surface area contributed by atoms with Crippen molar-refractivity contribution in [2.75, 3.05) is 11.4 Å². The highest BCUT2D eigenvalue weighted by Gasteiger charge is 2.28. The SMILES string of the molecule is CCN(C(=O)Cn1c(C(=O)NC2CCC(C(=O)O)CC2)cc2ccsc21)c1cccc(C)c1. The van der Waals surface area contributed by atoms with Crippen molar-refractivity contribution >= 4 is 45.0 Å². The number of carboxylic acid groups (broad SMARTS) is 1. The maximum atomic E-state index is 13.3. The van der Waals surface area contributed by atoms with Crippen molar-refractivity contribution in [1.29, 1.82) is 0 Å². The van der Waals surface area contributed by atoms with Gasteiger partial charge in [-0.1, -0.05) is 12.1 Å². The number of fused-ring (bicyclic) bond motifs is 1. The molecule has 0 bridgehead atoms. The molecule has 1 saturated carbocycles. The summed E-state index contributed by atoms with van der Waals surface area (Å²) >= 11 is 1.51. The molecule has 1 aliphatic rings. The number of thiophene rings is 1. The van der Waals surface area contributed by atoms with Gasteiger partial charge in [0, 0.05) is 23.7 Å². The first kappa shape index (κ1) is 23.0. The first-order valence-electron chi connectivity index (χ1n) is 11.3. The largest absolute Gasteiger partial charge is 0.481 e. The molecule has 2 N–H and O–H groups in total. The van der Waals surface area contributed by atoms with E-state index in [4.69, 9.17) is 0 Å². The van der Waals surface area contributed by atoms with Gasteiger partial charge < -0.3 is 19.9 Å². The van der Waals surface area contributed by atoms with Crippen LogP contribution < -0.4 is 10.2 Å². The molecule has 1 aromatic carbocycles. The van der Waals surface area contributed by atoms with Crippen LogP contribution in [0.1, 0.15) is 48.7 Å². The lowest BCUT2D eigenvalue weighted by molar-refractivity contribution is -0.142. The van der Waals surface area contributed by atoms with Crippen molar-refractivity contribution in [3.8, 4) is 0 Å². The van der Waals surface area contributed by atoms with Gasteiger partial charge in [-0.25, -0.2) is 0 Å². The Morgan fingerprint density at radius 2 is 1.91 bits per heavy atom. The summed E-state index contributed by atoms with van der Waals surface area (Å²) in [5.74, 6) is -1.39. The smallest absolute Gasteiger partial charge is 0.306 e. The van der Waals surface area contributed by atoms with Crippen LogP contribution in [0.2, 0.25) is 0 Å². The van der Waals surface area contributed by atoms with Gasteiger partial charge in [0.1, 0.15) is 17.1 Å². The average Bonchev–Trinajstić information content (AvgIpc) is 3.37. The number of hydrogen-bond acceptors (Lipinski definition) is 4. The molecule has 8 heteroatoms. The second-order valence-corrected chi connectivity index (χ2v) is 9.53. The predicted octanol–water partition coefficient (Wildman–Crippen LogP) is 4.44. The minimum atomic E-state index is -0.763. The van der Waals surface area contributed by atoms with E-state index in [1.165, 1.54) is 11.3 Å². The maximum absolute atomic E-state index is 13.3. The Kier molecular flexibility index (Phi) is 6.83. The van der Waals surface area contributed by atoms with Crippen LogP contribution in [0.15, 0.2) is 41.8 Å². The topological polar surface area (TPSA) is 91.6 Å². The van der Waals surface area contributed by atoms with E-state index < -0.39 is 5.97 Å². The Morgan fingerprint density at radius 1 is 1.15 bits per heavy atom. The van der Waals surface area contributed by atoms with Gasteiger partial charge in [0.05, 0.1) is 5.92 Å². The molecule has 0 aliphatic heterocycles. The van der Waals surface area contributed by atoms with E-state index in [2.05, 4.69) is 5.32 Å². The number of hydrogen-bond donors (Lipinski definition) is 2. The van der Waals surface area contributed by atoms with Crippen LogP contribution in [0, 0.1) is 12.8 Å². The van der Waals surface area contributed by atoms with Gasteiger partial charge in [-0.15, -0.1) is 11.3 Å². The molecule has 174 valence electrons. The number of nitrogens with one attached hydrogen (secondary N) is 1. The van der Waals surface area contributed by atoms with E-state index in [9.17, 15) is 19.5 Å². The van der Waals surface area contributed by atoms with Gasteiger partial charge in [0.15, 0.2) is 0 Å². The molecular formula is C25H29N3O4S. The lowest BCUT2D eigenvalue weighted by Gasteiger charge is -2.27. The molecule has 0 radical (unpaired) electrons. The van der Waals surface area contributed by atoms with E-state index in [0.717, 1.165) is 21.5 Å². The third kappa shape index (κ3) is 4.95. The summed E-state index contributed by atoms with van der Waals surface area (Å²) in [6.07, 6.45) is 2.43. The van der Waals surface area contributed by atoms with Gasteiger partial charge >= 0.3 is 5.97 Å². The molecule has 0 atom stereocenters. The molecule has 2 heterocycles. The predicted molar refractivity (Wildman–Crippen MR) is 130 cm³/mol. The van der Waals surface area contributed by atoms with Gasteiger partial charge in [-0.05, 0) is 74.7 Å². The number of anilines is 1. The summed E-state index contributed by atoms with van der Waals surface area (Å²) in [6, 6.07) is 11.6. The monoisotopic (exact) mass is 467 g/mol. The number of aromatic nitrogens is 1. The normalized spacial score (nSPS) is 18.2. The van der Waals surface area contributed by atoms with E-state index in [-0.39, 0.29) is 30.3 Å². The van der Waals surface area contributed by atoms with Gasteiger partial charge in [-0.3, -0.25) is 14.4 Å². The Morgan fingerprint density at radius 3 is 2.58 bits per heavy atom. The summed E-state index contributed by atoms with van der Waals surface area (Å²) in [6.45, 7) is 4.54. The minimum Gasteiger partial charge on any atom is -0.481 e. The lowest BCUT2D eigenvalue weighted by Crippen LogP contribution is -2.40. The van der Waals surface area contributed by atoms with Crippen LogP contribution in [-0.2, 0) is 16.1 Å². The number of benzene rings is 1. The number of carbonyl (C=O) groups excluding carboxylic acids is 2. The molecule has 2 aromatic heterocycles. The molecule has 0 saturated heterocycles. The number of nitrogens with zero attached hydrogens (tertiary/aromatic N) is 2.